The Balaban J connectivity index is 1.96. The second kappa shape index (κ2) is 8.17. The van der Waals surface area contributed by atoms with E-state index in [1.54, 1.807) is 44.0 Å². The van der Waals surface area contributed by atoms with Gasteiger partial charge < -0.3 is 14.8 Å². The zero-order chi connectivity index (χ0) is 21.1. The molecule has 3 rings (SSSR count). The summed E-state index contributed by atoms with van der Waals surface area (Å²) in [6.07, 6.45) is 0. The number of nitrogens with zero attached hydrogens (tertiary/aromatic N) is 4. The van der Waals surface area contributed by atoms with E-state index in [-0.39, 0.29) is 5.91 Å². The maximum atomic E-state index is 12.7. The number of rotatable bonds is 6. The topological polar surface area (TPSA) is 100 Å². The molecule has 0 bridgehead atoms. The first-order valence-corrected chi connectivity index (χ1v) is 8.97. The number of benzene rings is 1. The molecule has 0 saturated carbocycles. The number of anilines is 1. The van der Waals surface area contributed by atoms with Gasteiger partial charge in [-0.15, -0.1) is 0 Å². The van der Waals surface area contributed by atoms with E-state index in [9.17, 15) is 9.59 Å². The zero-order valence-electron chi connectivity index (χ0n) is 17.0. The molecule has 1 amide bonds. The quantitative estimate of drug-likeness (QED) is 0.684. The van der Waals surface area contributed by atoms with Crippen LogP contribution in [0.2, 0.25) is 0 Å². The molecule has 0 saturated heterocycles. The molecule has 0 fully saturated rings. The Morgan fingerprint density at radius 1 is 1.10 bits per heavy atom. The molecule has 0 aliphatic heterocycles. The second-order valence-corrected chi connectivity index (χ2v) is 6.53. The Morgan fingerprint density at radius 2 is 1.79 bits per heavy atom. The fraction of sp³-hybridized carbons (Fsp3) is 0.300. The average Bonchev–Trinajstić information content (AvgIpc) is 3.03. The summed E-state index contributed by atoms with van der Waals surface area (Å²) < 4.78 is 13.2. The van der Waals surface area contributed by atoms with Gasteiger partial charge in [-0.1, -0.05) is 0 Å². The molecular weight excluding hydrogens is 374 g/mol. The highest BCUT2D eigenvalue weighted by atomic mass is 16.5. The fourth-order valence-electron chi connectivity index (χ4n) is 2.90. The minimum absolute atomic E-state index is 0.325. The van der Waals surface area contributed by atoms with Gasteiger partial charge in [0.1, 0.15) is 23.3 Å². The molecule has 152 valence electrons. The summed E-state index contributed by atoms with van der Waals surface area (Å²) in [4.78, 5) is 25.3. The van der Waals surface area contributed by atoms with Crippen molar-refractivity contribution in [3.8, 4) is 22.8 Å². The van der Waals surface area contributed by atoms with E-state index >= 15 is 0 Å². The summed E-state index contributed by atoms with van der Waals surface area (Å²) in [5, 5.41) is 11.4. The molecule has 2 aromatic heterocycles. The third-order valence-electron chi connectivity index (χ3n) is 4.50. The lowest BCUT2D eigenvalue weighted by Gasteiger charge is -2.16. The first-order valence-electron chi connectivity index (χ1n) is 8.97. The highest BCUT2D eigenvalue weighted by Gasteiger charge is 2.21. The molecule has 0 radical (unpaired) electrons. The van der Waals surface area contributed by atoms with Crippen LogP contribution in [0.15, 0.2) is 41.2 Å². The van der Waals surface area contributed by atoms with Crippen molar-refractivity contribution in [3.05, 3.63) is 52.4 Å². The normalized spacial score (nSPS) is 11.8. The highest BCUT2D eigenvalue weighted by Crippen LogP contribution is 2.28. The van der Waals surface area contributed by atoms with Crippen LogP contribution in [0.4, 0.5) is 5.82 Å². The van der Waals surface area contributed by atoms with Crippen LogP contribution in [0.3, 0.4) is 0 Å². The van der Waals surface area contributed by atoms with E-state index < -0.39 is 11.6 Å². The Kier molecular flexibility index (Phi) is 5.67. The zero-order valence-corrected chi connectivity index (χ0v) is 17.0. The van der Waals surface area contributed by atoms with Gasteiger partial charge in [0, 0.05) is 24.7 Å². The van der Waals surface area contributed by atoms with Crippen molar-refractivity contribution in [1.82, 2.24) is 19.6 Å². The molecule has 3 aromatic rings. The van der Waals surface area contributed by atoms with Crippen LogP contribution >= 0.6 is 0 Å². The van der Waals surface area contributed by atoms with Crippen molar-refractivity contribution in [3.63, 3.8) is 0 Å². The van der Waals surface area contributed by atoms with Gasteiger partial charge >= 0.3 is 0 Å². The number of carbonyl (C=O) groups is 1. The van der Waals surface area contributed by atoms with Crippen LogP contribution in [0, 0.1) is 6.92 Å². The van der Waals surface area contributed by atoms with Gasteiger partial charge in [-0.2, -0.15) is 10.2 Å². The van der Waals surface area contributed by atoms with E-state index in [0.29, 0.717) is 23.0 Å². The van der Waals surface area contributed by atoms with E-state index in [4.69, 9.17) is 9.47 Å². The number of methoxy groups -OCH3 is 2. The number of carbonyl (C=O) groups excluding carboxylic acids is 1. The van der Waals surface area contributed by atoms with Crippen molar-refractivity contribution >= 4 is 11.7 Å². The standard InChI is InChI=1S/C20H23N5O4/c1-12-10-17(24(3)22-12)21-20(27)13(2)25-18(26)11-16(29-5)19(23-25)14-6-8-15(28-4)9-7-14/h6-11,13H,1-5H3,(H,21,27). The van der Waals surface area contributed by atoms with Crippen LogP contribution in [0.1, 0.15) is 18.7 Å². The molecule has 0 aliphatic carbocycles. The Morgan fingerprint density at radius 3 is 2.34 bits per heavy atom. The summed E-state index contributed by atoms with van der Waals surface area (Å²) in [7, 11) is 4.78. The van der Waals surface area contributed by atoms with Gasteiger partial charge in [-0.3, -0.25) is 14.3 Å². The second-order valence-electron chi connectivity index (χ2n) is 6.53. The molecular formula is C20H23N5O4. The first-order chi connectivity index (χ1) is 13.8. The molecule has 2 heterocycles. The fourth-order valence-corrected chi connectivity index (χ4v) is 2.90. The number of nitrogens with one attached hydrogen (secondary N) is 1. The van der Waals surface area contributed by atoms with Crippen LogP contribution in [-0.4, -0.2) is 39.7 Å². The summed E-state index contributed by atoms with van der Waals surface area (Å²) in [5.74, 6) is 1.18. The van der Waals surface area contributed by atoms with Gasteiger partial charge in [0.25, 0.3) is 5.56 Å². The summed E-state index contributed by atoms with van der Waals surface area (Å²) in [6.45, 7) is 3.44. The number of amides is 1. The lowest BCUT2D eigenvalue weighted by Crippen LogP contribution is -2.33. The van der Waals surface area contributed by atoms with Gasteiger partial charge in [0.05, 0.1) is 19.9 Å². The summed E-state index contributed by atoms with van der Waals surface area (Å²) in [6, 6.07) is 9.41. The molecule has 0 spiro atoms. The van der Waals surface area contributed by atoms with Crippen molar-refractivity contribution in [2.24, 2.45) is 7.05 Å². The van der Waals surface area contributed by atoms with Crippen molar-refractivity contribution in [2.45, 2.75) is 19.9 Å². The predicted octanol–water partition coefficient (Wildman–Crippen LogP) is 2.17. The third-order valence-corrected chi connectivity index (χ3v) is 4.50. The largest absolute Gasteiger partial charge is 0.497 e. The molecule has 9 nitrogen and oxygen atoms in total. The smallest absolute Gasteiger partial charge is 0.271 e. The van der Waals surface area contributed by atoms with E-state index in [1.165, 1.54) is 13.2 Å². The maximum Gasteiger partial charge on any atom is 0.271 e. The monoisotopic (exact) mass is 397 g/mol. The third kappa shape index (κ3) is 4.13. The van der Waals surface area contributed by atoms with Crippen molar-refractivity contribution < 1.29 is 14.3 Å². The van der Waals surface area contributed by atoms with Gasteiger partial charge in [0.15, 0.2) is 5.75 Å². The number of hydrogen-bond donors (Lipinski definition) is 1. The number of aromatic nitrogens is 4. The molecule has 29 heavy (non-hydrogen) atoms. The predicted molar refractivity (Wildman–Crippen MR) is 108 cm³/mol. The van der Waals surface area contributed by atoms with Crippen LogP contribution in [-0.2, 0) is 11.8 Å². The lowest BCUT2D eigenvalue weighted by atomic mass is 10.1. The number of aryl methyl sites for hydroxylation is 2. The van der Waals surface area contributed by atoms with E-state index in [1.807, 2.05) is 19.1 Å². The molecule has 1 unspecified atom stereocenters. The SMILES string of the molecule is COc1ccc(-c2nn(C(C)C(=O)Nc3cc(C)nn3C)c(=O)cc2OC)cc1. The summed E-state index contributed by atoms with van der Waals surface area (Å²) >= 11 is 0. The number of hydrogen-bond acceptors (Lipinski definition) is 6. The summed E-state index contributed by atoms with van der Waals surface area (Å²) in [5.41, 5.74) is 1.51. The van der Waals surface area contributed by atoms with E-state index in [0.717, 1.165) is 15.9 Å². The van der Waals surface area contributed by atoms with E-state index in [2.05, 4.69) is 15.5 Å². The minimum Gasteiger partial charge on any atom is -0.497 e. The molecule has 9 heteroatoms. The highest BCUT2D eigenvalue weighted by molar-refractivity contribution is 5.92. The van der Waals surface area contributed by atoms with Crippen LogP contribution < -0.4 is 20.3 Å². The Labute approximate surface area is 167 Å². The number of ether oxygens (including phenoxy) is 2. The minimum atomic E-state index is -0.847. The average molecular weight is 397 g/mol. The molecule has 1 N–H and O–H groups in total. The molecule has 1 atom stereocenters. The van der Waals surface area contributed by atoms with Crippen LogP contribution in [0.5, 0.6) is 11.5 Å². The van der Waals surface area contributed by atoms with Crippen molar-refractivity contribution in [1.29, 1.82) is 0 Å². The lowest BCUT2D eigenvalue weighted by molar-refractivity contribution is -0.119. The molecule has 0 aliphatic rings. The maximum absolute atomic E-state index is 12.7. The van der Waals surface area contributed by atoms with Gasteiger partial charge in [-0.25, -0.2) is 4.68 Å². The molecule has 1 aromatic carbocycles. The Hall–Kier alpha value is -3.62. The first kappa shape index (κ1) is 20.1. The Bertz CT molecular complexity index is 1090. The van der Waals surface area contributed by atoms with Gasteiger partial charge in [-0.05, 0) is 38.1 Å². The van der Waals surface area contributed by atoms with Crippen molar-refractivity contribution in [2.75, 3.05) is 19.5 Å². The van der Waals surface area contributed by atoms with Gasteiger partial charge in [0.2, 0.25) is 5.91 Å². The van der Waals surface area contributed by atoms with Crippen LogP contribution in [0.25, 0.3) is 11.3 Å².